The van der Waals surface area contributed by atoms with Crippen molar-refractivity contribution in [3.8, 4) is 0 Å². The molecule has 0 saturated carbocycles. The lowest BCUT2D eigenvalue weighted by molar-refractivity contribution is 0.348. The minimum Gasteiger partial charge on any atom is -0.467 e. The fourth-order valence-corrected chi connectivity index (χ4v) is 3.48. The van der Waals surface area contributed by atoms with E-state index in [4.69, 9.17) is 16.6 Å². The Morgan fingerprint density at radius 2 is 2.12 bits per heavy atom. The topological polar surface area (TPSA) is 46.2 Å². The van der Waals surface area contributed by atoms with Gasteiger partial charge in [-0.3, -0.25) is 4.98 Å². The van der Waals surface area contributed by atoms with E-state index in [0.29, 0.717) is 6.54 Å². The number of furan rings is 1. The molecule has 1 saturated heterocycles. The number of pyridine rings is 1. The molecule has 1 aliphatic rings. The molecule has 1 N–H and O–H groups in total. The minimum absolute atomic E-state index is 0.0222. The summed E-state index contributed by atoms with van der Waals surface area (Å²) in [6.07, 6.45) is 5.59. The summed E-state index contributed by atoms with van der Waals surface area (Å²) in [7, 11) is 2.02. The lowest BCUT2D eigenvalue weighted by atomic mass is 10.0. The van der Waals surface area contributed by atoms with Gasteiger partial charge in [0, 0.05) is 25.1 Å². The van der Waals surface area contributed by atoms with Gasteiger partial charge >= 0.3 is 0 Å². The van der Waals surface area contributed by atoms with Crippen molar-refractivity contribution in [1.82, 2.24) is 19.8 Å². The average molecular weight is 338 g/mol. The van der Waals surface area contributed by atoms with Crippen LogP contribution in [0.1, 0.15) is 29.2 Å². The first-order valence-corrected chi connectivity index (χ1v) is 8.26. The Morgan fingerprint density at radius 3 is 2.88 bits per heavy atom. The van der Waals surface area contributed by atoms with Crippen LogP contribution in [0.2, 0.25) is 0 Å². The average Bonchev–Trinajstić information content (AvgIpc) is 3.32. The maximum atomic E-state index is 5.50. The third-order valence-electron chi connectivity index (χ3n) is 4.41. The molecule has 4 rings (SSSR count). The molecule has 0 bridgehead atoms. The highest BCUT2D eigenvalue weighted by Crippen LogP contribution is 2.37. The summed E-state index contributed by atoms with van der Waals surface area (Å²) in [6, 6.07) is 14.2. The number of hydrogen-bond donors (Lipinski definition) is 1. The highest BCUT2D eigenvalue weighted by atomic mass is 32.1. The highest BCUT2D eigenvalue weighted by Gasteiger charge is 2.39. The van der Waals surface area contributed by atoms with Crippen molar-refractivity contribution < 1.29 is 4.42 Å². The molecule has 0 radical (unpaired) electrons. The summed E-state index contributed by atoms with van der Waals surface area (Å²) in [5, 5.41) is 4.14. The van der Waals surface area contributed by atoms with Gasteiger partial charge in [-0.25, -0.2) is 0 Å². The van der Waals surface area contributed by atoms with Gasteiger partial charge in [-0.15, -0.1) is 0 Å². The molecule has 3 aromatic rings. The molecule has 24 heavy (non-hydrogen) atoms. The van der Waals surface area contributed by atoms with Crippen LogP contribution in [0.3, 0.4) is 0 Å². The Morgan fingerprint density at radius 1 is 1.21 bits per heavy atom. The van der Waals surface area contributed by atoms with Gasteiger partial charge in [0.15, 0.2) is 5.11 Å². The number of nitrogens with one attached hydrogen (secondary N) is 1. The summed E-state index contributed by atoms with van der Waals surface area (Å²) in [6.45, 7) is 0.696. The van der Waals surface area contributed by atoms with E-state index in [1.54, 1.807) is 6.26 Å². The molecule has 6 heteroatoms. The molecular formula is C18H18N4OS. The molecule has 0 aliphatic carbocycles. The molecule has 3 aromatic heterocycles. The number of nitrogens with zero attached hydrogens (tertiary/aromatic N) is 3. The van der Waals surface area contributed by atoms with E-state index in [1.165, 1.54) is 5.69 Å². The third-order valence-corrected chi connectivity index (χ3v) is 4.82. The first kappa shape index (κ1) is 15.0. The molecule has 0 spiro atoms. The van der Waals surface area contributed by atoms with Crippen molar-refractivity contribution in [3.63, 3.8) is 0 Å². The van der Waals surface area contributed by atoms with Gasteiger partial charge in [0.1, 0.15) is 5.76 Å². The van der Waals surface area contributed by atoms with Crippen molar-refractivity contribution in [2.45, 2.75) is 18.6 Å². The summed E-state index contributed by atoms with van der Waals surface area (Å²) >= 11 is 5.49. The molecule has 0 amide bonds. The van der Waals surface area contributed by atoms with E-state index in [1.807, 2.05) is 43.6 Å². The van der Waals surface area contributed by atoms with Crippen LogP contribution in [0.15, 0.2) is 65.5 Å². The predicted octanol–water partition coefficient (Wildman–Crippen LogP) is 3.13. The van der Waals surface area contributed by atoms with Crippen molar-refractivity contribution in [2.24, 2.45) is 0 Å². The van der Waals surface area contributed by atoms with Crippen molar-refractivity contribution in [1.29, 1.82) is 0 Å². The molecule has 2 atom stereocenters. The van der Waals surface area contributed by atoms with E-state index in [9.17, 15) is 0 Å². The summed E-state index contributed by atoms with van der Waals surface area (Å²) < 4.78 is 7.70. The van der Waals surface area contributed by atoms with Crippen LogP contribution in [-0.2, 0) is 6.54 Å². The Bertz CT molecular complexity index is 828. The smallest absolute Gasteiger partial charge is 0.169 e. The molecule has 0 aromatic carbocycles. The van der Waals surface area contributed by atoms with E-state index in [-0.39, 0.29) is 12.1 Å². The Balaban J connectivity index is 1.71. The lowest BCUT2D eigenvalue weighted by Gasteiger charge is -2.25. The van der Waals surface area contributed by atoms with Crippen LogP contribution < -0.4 is 5.32 Å². The Hall–Kier alpha value is -2.60. The molecule has 0 unspecified atom stereocenters. The monoisotopic (exact) mass is 338 g/mol. The predicted molar refractivity (Wildman–Crippen MR) is 95.5 cm³/mol. The number of rotatable bonds is 4. The number of hydrogen-bond acceptors (Lipinski definition) is 3. The highest BCUT2D eigenvalue weighted by molar-refractivity contribution is 7.80. The fraction of sp³-hybridized carbons (Fsp3) is 0.222. The number of thiocarbonyl (C=S) groups is 1. The third kappa shape index (κ3) is 2.59. The Labute approximate surface area is 145 Å². The molecule has 5 nitrogen and oxygen atoms in total. The molecular weight excluding hydrogens is 320 g/mol. The van der Waals surface area contributed by atoms with E-state index >= 15 is 0 Å². The molecule has 122 valence electrons. The second kappa shape index (κ2) is 6.13. The zero-order valence-electron chi connectivity index (χ0n) is 13.3. The van der Waals surface area contributed by atoms with Crippen molar-refractivity contribution in [3.05, 3.63) is 78.3 Å². The summed E-state index contributed by atoms with van der Waals surface area (Å²) in [5.74, 6) is 0.929. The minimum atomic E-state index is 0.0222. The second-order valence-electron chi connectivity index (χ2n) is 5.88. The van der Waals surface area contributed by atoms with Crippen LogP contribution in [0.5, 0.6) is 0 Å². The normalized spacial score (nSPS) is 20.4. The quantitative estimate of drug-likeness (QED) is 0.741. The van der Waals surface area contributed by atoms with E-state index in [2.05, 4.69) is 38.1 Å². The Kier molecular flexibility index (Phi) is 3.82. The summed E-state index contributed by atoms with van der Waals surface area (Å²) in [5.41, 5.74) is 2.16. The standard InChI is InChI=1S/C18H18N4OS/c1-21-17(16(20-18(21)24)14-7-2-3-9-19-14)15-8-4-10-22(15)12-13-6-5-11-23-13/h2-11,16-17H,12H2,1H3,(H,20,24)/t16-,17+/m1/s1. The van der Waals surface area contributed by atoms with Gasteiger partial charge in [0.25, 0.3) is 0 Å². The maximum Gasteiger partial charge on any atom is 0.169 e. The van der Waals surface area contributed by atoms with Gasteiger partial charge < -0.3 is 19.2 Å². The molecule has 1 aliphatic heterocycles. The lowest BCUT2D eigenvalue weighted by Crippen LogP contribution is -2.26. The van der Waals surface area contributed by atoms with Gasteiger partial charge in [0.05, 0.1) is 30.6 Å². The van der Waals surface area contributed by atoms with Gasteiger partial charge in [-0.2, -0.15) is 0 Å². The van der Waals surface area contributed by atoms with Crippen LogP contribution in [0, 0.1) is 0 Å². The maximum absolute atomic E-state index is 5.50. The van der Waals surface area contributed by atoms with Crippen LogP contribution in [0.25, 0.3) is 0 Å². The van der Waals surface area contributed by atoms with Crippen molar-refractivity contribution >= 4 is 17.3 Å². The van der Waals surface area contributed by atoms with Crippen LogP contribution >= 0.6 is 12.2 Å². The number of likely N-dealkylation sites (N-methyl/N-ethyl adjacent to an activating group) is 1. The van der Waals surface area contributed by atoms with Gasteiger partial charge in [-0.05, 0) is 48.6 Å². The zero-order chi connectivity index (χ0) is 16.5. The van der Waals surface area contributed by atoms with Gasteiger partial charge in [-0.1, -0.05) is 6.07 Å². The van der Waals surface area contributed by atoms with Crippen molar-refractivity contribution in [2.75, 3.05) is 7.05 Å². The SMILES string of the molecule is CN1C(=S)N[C@H](c2ccccn2)[C@@H]1c1cccn1Cc1ccco1. The fourth-order valence-electron chi connectivity index (χ4n) is 3.24. The molecule has 4 heterocycles. The van der Waals surface area contributed by atoms with E-state index in [0.717, 1.165) is 16.6 Å². The molecule has 1 fully saturated rings. The van der Waals surface area contributed by atoms with Gasteiger partial charge in [0.2, 0.25) is 0 Å². The zero-order valence-corrected chi connectivity index (χ0v) is 14.1. The van der Waals surface area contributed by atoms with Crippen LogP contribution in [-0.4, -0.2) is 26.6 Å². The largest absolute Gasteiger partial charge is 0.467 e. The summed E-state index contributed by atoms with van der Waals surface area (Å²) in [4.78, 5) is 6.62. The van der Waals surface area contributed by atoms with Crippen LogP contribution in [0.4, 0.5) is 0 Å². The van der Waals surface area contributed by atoms with E-state index < -0.39 is 0 Å². The second-order valence-corrected chi connectivity index (χ2v) is 6.26. The first-order chi connectivity index (χ1) is 11.7. The number of aromatic nitrogens is 2. The first-order valence-electron chi connectivity index (χ1n) is 7.86.